The van der Waals surface area contributed by atoms with Crippen LogP contribution in [0.2, 0.25) is 0 Å². The van der Waals surface area contributed by atoms with E-state index in [0.717, 1.165) is 11.3 Å². The number of hydrogen-bond acceptors (Lipinski definition) is 7. The van der Waals surface area contributed by atoms with Gasteiger partial charge in [0.1, 0.15) is 17.2 Å². The van der Waals surface area contributed by atoms with Gasteiger partial charge in [-0.1, -0.05) is 11.2 Å². The van der Waals surface area contributed by atoms with Crippen molar-refractivity contribution in [2.45, 2.75) is 18.9 Å². The number of benzene rings is 1. The molecule has 8 nitrogen and oxygen atoms in total. The van der Waals surface area contributed by atoms with E-state index < -0.39 is 0 Å². The van der Waals surface area contributed by atoms with Crippen LogP contribution in [0.5, 0.6) is 11.5 Å². The maximum atomic E-state index is 12.5. The minimum Gasteiger partial charge on any atom is -0.497 e. The molecule has 0 aliphatic carbocycles. The monoisotopic (exact) mass is 380 g/mol. The number of carbonyl (C=O) groups is 1. The summed E-state index contributed by atoms with van der Waals surface area (Å²) in [5, 5.41) is 4.00. The fraction of sp³-hybridized carbons (Fsp3) is 0.300. The lowest BCUT2D eigenvalue weighted by molar-refractivity contribution is -0.128. The van der Waals surface area contributed by atoms with Crippen LogP contribution in [0.3, 0.4) is 0 Å². The van der Waals surface area contributed by atoms with Gasteiger partial charge in [-0.25, -0.2) is 0 Å². The molecule has 3 aromatic rings. The zero-order chi connectivity index (χ0) is 19.5. The zero-order valence-electron chi connectivity index (χ0n) is 15.7. The molecule has 1 saturated heterocycles. The van der Waals surface area contributed by atoms with E-state index in [0.29, 0.717) is 42.7 Å². The van der Waals surface area contributed by atoms with Crippen molar-refractivity contribution in [1.82, 2.24) is 20.0 Å². The summed E-state index contributed by atoms with van der Waals surface area (Å²) >= 11 is 0. The minimum atomic E-state index is -0.144. The lowest BCUT2D eigenvalue weighted by Crippen LogP contribution is -2.24. The maximum Gasteiger partial charge on any atom is 0.232 e. The Bertz CT molecular complexity index is 973. The summed E-state index contributed by atoms with van der Waals surface area (Å²) in [6.07, 6.45) is 2.00. The Balaban J connectivity index is 1.50. The Morgan fingerprint density at radius 1 is 1.21 bits per heavy atom. The van der Waals surface area contributed by atoms with E-state index in [1.165, 1.54) is 0 Å². The quantitative estimate of drug-likeness (QED) is 0.649. The van der Waals surface area contributed by atoms with Gasteiger partial charge in [0, 0.05) is 31.3 Å². The van der Waals surface area contributed by atoms with E-state index >= 15 is 0 Å². The van der Waals surface area contributed by atoms with Gasteiger partial charge in [-0.3, -0.25) is 9.78 Å². The van der Waals surface area contributed by atoms with Gasteiger partial charge < -0.3 is 18.9 Å². The second-order valence-electron chi connectivity index (χ2n) is 6.52. The van der Waals surface area contributed by atoms with E-state index in [2.05, 4.69) is 15.1 Å². The molecule has 1 aromatic carbocycles. The Labute approximate surface area is 162 Å². The van der Waals surface area contributed by atoms with Crippen molar-refractivity contribution in [3.63, 3.8) is 0 Å². The highest BCUT2D eigenvalue weighted by atomic mass is 16.5. The molecule has 8 heteroatoms. The van der Waals surface area contributed by atoms with Gasteiger partial charge in [-0.05, 0) is 30.3 Å². The van der Waals surface area contributed by atoms with E-state index in [4.69, 9.17) is 14.0 Å². The first-order valence-corrected chi connectivity index (χ1v) is 8.91. The van der Waals surface area contributed by atoms with Crippen LogP contribution in [-0.2, 0) is 11.3 Å². The van der Waals surface area contributed by atoms with Crippen LogP contribution in [-0.4, -0.2) is 46.7 Å². The molecule has 28 heavy (non-hydrogen) atoms. The summed E-state index contributed by atoms with van der Waals surface area (Å²) in [7, 11) is 3.22. The number of aromatic nitrogens is 3. The van der Waals surface area contributed by atoms with Crippen LogP contribution in [0, 0.1) is 0 Å². The Hall–Kier alpha value is -3.42. The highest BCUT2D eigenvalue weighted by Crippen LogP contribution is 2.32. The lowest BCUT2D eigenvalue weighted by Gasteiger charge is -2.18. The first kappa shape index (κ1) is 18.0. The average molecular weight is 380 g/mol. The summed E-state index contributed by atoms with van der Waals surface area (Å²) < 4.78 is 16.1. The average Bonchev–Trinajstić information content (AvgIpc) is 3.36. The predicted molar refractivity (Wildman–Crippen MR) is 99.9 cm³/mol. The number of likely N-dealkylation sites (tertiary alicyclic amines) is 1. The number of pyridine rings is 1. The van der Waals surface area contributed by atoms with Gasteiger partial charge in [-0.2, -0.15) is 4.98 Å². The molecule has 144 valence electrons. The fourth-order valence-corrected chi connectivity index (χ4v) is 3.30. The molecule has 3 heterocycles. The summed E-state index contributed by atoms with van der Waals surface area (Å²) in [5.41, 5.74) is 1.52. The van der Waals surface area contributed by atoms with E-state index in [1.807, 2.05) is 36.4 Å². The van der Waals surface area contributed by atoms with E-state index in [1.54, 1.807) is 25.3 Å². The van der Waals surface area contributed by atoms with Crippen molar-refractivity contribution in [2.75, 3.05) is 20.8 Å². The summed E-state index contributed by atoms with van der Waals surface area (Å²) in [5.74, 6) is 2.20. The highest BCUT2D eigenvalue weighted by molar-refractivity contribution is 5.79. The van der Waals surface area contributed by atoms with E-state index in [9.17, 15) is 4.79 Å². The largest absolute Gasteiger partial charge is 0.497 e. The number of ether oxygens (including phenoxy) is 2. The standard InChI is InChI=1S/C20H20N4O4/c1-26-15-6-7-17(27-2)13(9-15)11-24-12-14(10-18(24)25)20-22-19(23-28-20)16-5-3-4-8-21-16/h3-9,14H,10-12H2,1-2H3. The van der Waals surface area contributed by atoms with Gasteiger partial charge in [0.15, 0.2) is 0 Å². The Morgan fingerprint density at radius 3 is 2.86 bits per heavy atom. The highest BCUT2D eigenvalue weighted by Gasteiger charge is 2.34. The normalized spacial score (nSPS) is 16.4. The topological polar surface area (TPSA) is 90.6 Å². The molecule has 1 fully saturated rings. The molecule has 2 aromatic heterocycles. The van der Waals surface area contributed by atoms with Crippen LogP contribution in [0.4, 0.5) is 0 Å². The Kier molecular flexibility index (Phi) is 4.92. The molecule has 0 radical (unpaired) electrons. The molecule has 0 N–H and O–H groups in total. The molecule has 1 aliphatic rings. The van der Waals surface area contributed by atoms with Crippen LogP contribution in [0.1, 0.15) is 23.8 Å². The van der Waals surface area contributed by atoms with Gasteiger partial charge in [0.05, 0.1) is 20.1 Å². The number of nitrogens with zero attached hydrogens (tertiary/aromatic N) is 4. The Morgan fingerprint density at radius 2 is 2.11 bits per heavy atom. The van der Waals surface area contributed by atoms with Gasteiger partial charge >= 0.3 is 0 Å². The van der Waals surface area contributed by atoms with Crippen LogP contribution < -0.4 is 9.47 Å². The van der Waals surface area contributed by atoms with Crippen LogP contribution >= 0.6 is 0 Å². The van der Waals surface area contributed by atoms with Crippen LogP contribution in [0.25, 0.3) is 11.5 Å². The number of methoxy groups -OCH3 is 2. The number of carbonyl (C=O) groups excluding carboxylic acids is 1. The van der Waals surface area contributed by atoms with Crippen molar-refractivity contribution < 1.29 is 18.8 Å². The molecular formula is C20H20N4O4. The lowest BCUT2D eigenvalue weighted by atomic mass is 10.1. The second kappa shape index (κ2) is 7.67. The van der Waals surface area contributed by atoms with Gasteiger partial charge in [0.25, 0.3) is 0 Å². The molecule has 1 unspecified atom stereocenters. The van der Waals surface area contributed by atoms with Gasteiger partial charge in [-0.15, -0.1) is 0 Å². The SMILES string of the molecule is COc1ccc(OC)c(CN2CC(c3nc(-c4ccccn4)no3)CC2=O)c1. The third kappa shape index (κ3) is 3.53. The van der Waals surface area contributed by atoms with E-state index in [-0.39, 0.29) is 11.8 Å². The molecule has 0 saturated carbocycles. The van der Waals surface area contributed by atoms with Crippen molar-refractivity contribution >= 4 is 5.91 Å². The molecule has 0 bridgehead atoms. The molecule has 1 aliphatic heterocycles. The summed E-state index contributed by atoms with van der Waals surface area (Å²) in [6, 6.07) is 11.0. The first-order chi connectivity index (χ1) is 13.7. The molecule has 1 amide bonds. The summed E-state index contributed by atoms with van der Waals surface area (Å²) in [6.45, 7) is 0.931. The maximum absolute atomic E-state index is 12.5. The van der Waals surface area contributed by atoms with Gasteiger partial charge in [0.2, 0.25) is 17.6 Å². The molecule has 1 atom stereocenters. The minimum absolute atomic E-state index is 0.0347. The van der Waals surface area contributed by atoms with Crippen molar-refractivity contribution in [2.24, 2.45) is 0 Å². The van der Waals surface area contributed by atoms with Crippen LogP contribution in [0.15, 0.2) is 47.1 Å². The van der Waals surface area contributed by atoms with Crippen molar-refractivity contribution in [3.05, 3.63) is 54.0 Å². The zero-order valence-corrected chi connectivity index (χ0v) is 15.7. The van der Waals surface area contributed by atoms with Crippen molar-refractivity contribution in [3.8, 4) is 23.0 Å². The number of hydrogen-bond donors (Lipinski definition) is 0. The molecule has 4 rings (SSSR count). The number of rotatable bonds is 6. The smallest absolute Gasteiger partial charge is 0.232 e. The molecule has 0 spiro atoms. The second-order valence-corrected chi connectivity index (χ2v) is 6.52. The first-order valence-electron chi connectivity index (χ1n) is 8.91. The third-order valence-corrected chi connectivity index (χ3v) is 4.75. The predicted octanol–water partition coefficient (Wildman–Crippen LogP) is 2.66. The van der Waals surface area contributed by atoms with Crippen molar-refractivity contribution in [1.29, 1.82) is 0 Å². The number of amides is 1. The third-order valence-electron chi connectivity index (χ3n) is 4.75. The molecular weight excluding hydrogens is 360 g/mol. The summed E-state index contributed by atoms with van der Waals surface area (Å²) in [4.78, 5) is 23.0. The fourth-order valence-electron chi connectivity index (χ4n) is 3.30.